The first-order valence-corrected chi connectivity index (χ1v) is 8.59. The predicted octanol–water partition coefficient (Wildman–Crippen LogP) is 4.80. The van der Waals surface area contributed by atoms with Gasteiger partial charge in [0.2, 0.25) is 0 Å². The van der Waals surface area contributed by atoms with E-state index in [9.17, 15) is 0 Å². The van der Waals surface area contributed by atoms with Gasteiger partial charge in [0, 0.05) is 5.56 Å². The Labute approximate surface area is 141 Å². The summed E-state index contributed by atoms with van der Waals surface area (Å²) in [6.45, 7) is 7.58. The van der Waals surface area contributed by atoms with Gasteiger partial charge in [-0.3, -0.25) is 0 Å². The van der Waals surface area contributed by atoms with E-state index in [0.717, 1.165) is 24.3 Å². The van der Waals surface area contributed by atoms with Crippen molar-refractivity contribution in [3.05, 3.63) is 23.8 Å². The highest BCUT2D eigenvalue weighted by Crippen LogP contribution is 2.31. The standard InChI is InChI=1S/C19H32O4/c1-6-8-10-16(7-2)13-22-15(3)23-14-17-11-9-12-18(20-4)19(17)21-5/h9,11-12,15-16H,6-8,10,13-14H2,1-5H3/t15-,16+/m1/s1. The van der Waals surface area contributed by atoms with E-state index in [2.05, 4.69) is 13.8 Å². The molecule has 0 spiro atoms. The molecule has 4 nitrogen and oxygen atoms in total. The Morgan fingerprint density at radius 2 is 1.83 bits per heavy atom. The molecule has 1 rings (SSSR count). The Kier molecular flexibility index (Phi) is 9.72. The lowest BCUT2D eigenvalue weighted by molar-refractivity contribution is -0.146. The Bertz CT molecular complexity index is 433. The molecule has 0 aromatic heterocycles. The molecule has 23 heavy (non-hydrogen) atoms. The molecule has 0 fully saturated rings. The van der Waals surface area contributed by atoms with E-state index in [-0.39, 0.29) is 6.29 Å². The normalized spacial score (nSPS) is 13.6. The van der Waals surface area contributed by atoms with Crippen molar-refractivity contribution in [2.45, 2.75) is 59.4 Å². The van der Waals surface area contributed by atoms with Crippen molar-refractivity contribution in [3.8, 4) is 11.5 Å². The van der Waals surface area contributed by atoms with Gasteiger partial charge in [0.25, 0.3) is 0 Å². The molecule has 0 unspecified atom stereocenters. The van der Waals surface area contributed by atoms with E-state index in [1.54, 1.807) is 14.2 Å². The van der Waals surface area contributed by atoms with Crippen LogP contribution in [0.25, 0.3) is 0 Å². The predicted molar refractivity (Wildman–Crippen MR) is 93.1 cm³/mol. The van der Waals surface area contributed by atoms with Gasteiger partial charge in [-0.15, -0.1) is 0 Å². The lowest BCUT2D eigenvalue weighted by Gasteiger charge is -2.20. The summed E-state index contributed by atoms with van der Waals surface area (Å²) in [6.07, 6.45) is 4.64. The first-order chi connectivity index (χ1) is 11.2. The van der Waals surface area contributed by atoms with Crippen LogP contribution in [0.5, 0.6) is 11.5 Å². The van der Waals surface area contributed by atoms with Crippen LogP contribution in [-0.2, 0) is 16.1 Å². The monoisotopic (exact) mass is 324 g/mol. The fourth-order valence-electron chi connectivity index (χ4n) is 2.49. The van der Waals surface area contributed by atoms with Crippen LogP contribution in [-0.4, -0.2) is 27.1 Å². The van der Waals surface area contributed by atoms with Crippen LogP contribution in [0.2, 0.25) is 0 Å². The van der Waals surface area contributed by atoms with Crippen LogP contribution < -0.4 is 9.47 Å². The van der Waals surface area contributed by atoms with Crippen molar-refractivity contribution < 1.29 is 18.9 Å². The molecule has 0 saturated carbocycles. The van der Waals surface area contributed by atoms with Crippen LogP contribution >= 0.6 is 0 Å². The average Bonchev–Trinajstić information content (AvgIpc) is 2.59. The van der Waals surface area contributed by atoms with Crippen LogP contribution in [0.4, 0.5) is 0 Å². The van der Waals surface area contributed by atoms with Crippen LogP contribution in [0.15, 0.2) is 18.2 Å². The Morgan fingerprint density at radius 1 is 1.04 bits per heavy atom. The van der Waals surface area contributed by atoms with Gasteiger partial charge in [0.15, 0.2) is 17.8 Å². The second-order valence-electron chi connectivity index (χ2n) is 5.78. The minimum atomic E-state index is -0.235. The highest BCUT2D eigenvalue weighted by molar-refractivity contribution is 5.46. The zero-order valence-corrected chi connectivity index (χ0v) is 15.3. The summed E-state index contributed by atoms with van der Waals surface area (Å²) in [4.78, 5) is 0. The lowest BCUT2D eigenvalue weighted by Crippen LogP contribution is -2.18. The highest BCUT2D eigenvalue weighted by Gasteiger charge is 2.13. The molecule has 0 N–H and O–H groups in total. The molecule has 0 heterocycles. The van der Waals surface area contributed by atoms with Crippen molar-refractivity contribution in [2.75, 3.05) is 20.8 Å². The van der Waals surface area contributed by atoms with E-state index < -0.39 is 0 Å². The number of benzene rings is 1. The molecule has 0 aliphatic rings. The van der Waals surface area contributed by atoms with E-state index in [1.165, 1.54) is 19.3 Å². The number of ether oxygens (including phenoxy) is 4. The van der Waals surface area contributed by atoms with Crippen molar-refractivity contribution in [1.29, 1.82) is 0 Å². The first-order valence-electron chi connectivity index (χ1n) is 8.59. The maximum Gasteiger partial charge on any atom is 0.166 e. The van der Waals surface area contributed by atoms with Crippen LogP contribution in [0.1, 0.15) is 52.0 Å². The number of para-hydroxylation sites is 1. The maximum atomic E-state index is 5.85. The van der Waals surface area contributed by atoms with Gasteiger partial charge in [-0.2, -0.15) is 0 Å². The van der Waals surface area contributed by atoms with Crippen LogP contribution in [0.3, 0.4) is 0 Å². The van der Waals surface area contributed by atoms with Gasteiger partial charge in [0.05, 0.1) is 27.4 Å². The molecule has 0 bridgehead atoms. The number of rotatable bonds is 12. The highest BCUT2D eigenvalue weighted by atomic mass is 16.7. The Morgan fingerprint density at radius 3 is 2.43 bits per heavy atom. The van der Waals surface area contributed by atoms with Crippen molar-refractivity contribution in [3.63, 3.8) is 0 Å². The van der Waals surface area contributed by atoms with Gasteiger partial charge in [-0.25, -0.2) is 0 Å². The van der Waals surface area contributed by atoms with Crippen molar-refractivity contribution in [1.82, 2.24) is 0 Å². The first kappa shape index (κ1) is 19.8. The molecule has 1 aromatic carbocycles. The number of unbranched alkanes of at least 4 members (excludes halogenated alkanes) is 1. The summed E-state index contributed by atoms with van der Waals surface area (Å²) in [5, 5.41) is 0. The Balaban J connectivity index is 2.45. The summed E-state index contributed by atoms with van der Waals surface area (Å²) in [5.41, 5.74) is 0.959. The zero-order valence-electron chi connectivity index (χ0n) is 15.3. The molecule has 2 atom stereocenters. The summed E-state index contributed by atoms with van der Waals surface area (Å²) in [6, 6.07) is 5.79. The zero-order chi connectivity index (χ0) is 17.1. The van der Waals surface area contributed by atoms with Gasteiger partial charge >= 0.3 is 0 Å². The third kappa shape index (κ3) is 6.80. The third-order valence-corrected chi connectivity index (χ3v) is 4.07. The van der Waals surface area contributed by atoms with Crippen molar-refractivity contribution >= 4 is 0 Å². The molecule has 132 valence electrons. The Hall–Kier alpha value is -1.26. The molecular weight excluding hydrogens is 292 g/mol. The summed E-state index contributed by atoms with van der Waals surface area (Å²) in [7, 11) is 3.27. The SMILES string of the molecule is CCCC[C@H](CC)CO[C@@H](C)OCc1cccc(OC)c1OC. The lowest BCUT2D eigenvalue weighted by atomic mass is 10.0. The molecule has 0 aliphatic carbocycles. The van der Waals surface area contributed by atoms with Gasteiger partial charge in [-0.05, 0) is 25.3 Å². The minimum absolute atomic E-state index is 0.235. The summed E-state index contributed by atoms with van der Waals surface area (Å²) < 4.78 is 22.4. The minimum Gasteiger partial charge on any atom is -0.493 e. The number of methoxy groups -OCH3 is 2. The van der Waals surface area contributed by atoms with E-state index in [0.29, 0.717) is 18.3 Å². The van der Waals surface area contributed by atoms with E-state index >= 15 is 0 Å². The second-order valence-corrected chi connectivity index (χ2v) is 5.78. The summed E-state index contributed by atoms with van der Waals surface area (Å²) >= 11 is 0. The molecule has 1 aromatic rings. The topological polar surface area (TPSA) is 36.9 Å². The fourth-order valence-corrected chi connectivity index (χ4v) is 2.49. The van der Waals surface area contributed by atoms with E-state index in [4.69, 9.17) is 18.9 Å². The maximum absolute atomic E-state index is 5.85. The van der Waals surface area contributed by atoms with Crippen molar-refractivity contribution in [2.24, 2.45) is 5.92 Å². The van der Waals surface area contributed by atoms with E-state index in [1.807, 2.05) is 25.1 Å². The van der Waals surface area contributed by atoms with Gasteiger partial charge in [-0.1, -0.05) is 45.2 Å². The summed E-state index contributed by atoms with van der Waals surface area (Å²) in [5.74, 6) is 2.05. The van der Waals surface area contributed by atoms with Gasteiger partial charge in [0.1, 0.15) is 0 Å². The fraction of sp³-hybridized carbons (Fsp3) is 0.684. The third-order valence-electron chi connectivity index (χ3n) is 4.07. The molecule has 0 amide bonds. The quantitative estimate of drug-likeness (QED) is 0.518. The largest absolute Gasteiger partial charge is 0.493 e. The molecule has 0 aliphatic heterocycles. The molecular formula is C19H32O4. The molecule has 0 radical (unpaired) electrons. The van der Waals surface area contributed by atoms with Crippen LogP contribution in [0, 0.1) is 5.92 Å². The van der Waals surface area contributed by atoms with Gasteiger partial charge < -0.3 is 18.9 Å². The number of hydrogen-bond donors (Lipinski definition) is 0. The molecule has 4 heteroatoms. The second kappa shape index (κ2) is 11.3. The average molecular weight is 324 g/mol. The molecule has 0 saturated heterocycles. The smallest absolute Gasteiger partial charge is 0.166 e. The number of hydrogen-bond acceptors (Lipinski definition) is 4.